The van der Waals surface area contributed by atoms with Gasteiger partial charge in [0.15, 0.2) is 0 Å². The summed E-state index contributed by atoms with van der Waals surface area (Å²) in [6.07, 6.45) is 1.90. The van der Waals surface area contributed by atoms with Crippen molar-refractivity contribution >= 4 is 22.6 Å². The highest BCUT2D eigenvalue weighted by atomic mass is 32.1. The van der Waals surface area contributed by atoms with Crippen molar-refractivity contribution in [1.82, 2.24) is 5.32 Å². The van der Waals surface area contributed by atoms with Gasteiger partial charge in [-0.05, 0) is 59.5 Å². The van der Waals surface area contributed by atoms with Crippen molar-refractivity contribution in [3.05, 3.63) is 106 Å². The fraction of sp³-hybridized carbons (Fsp3) is 0.200. The third-order valence-electron chi connectivity index (χ3n) is 4.80. The molecule has 0 fully saturated rings. The highest BCUT2D eigenvalue weighted by molar-refractivity contribution is 7.09. The van der Waals surface area contributed by atoms with Gasteiger partial charge in [-0.1, -0.05) is 67.3 Å². The van der Waals surface area contributed by atoms with Crippen molar-refractivity contribution in [3.8, 4) is 0 Å². The van der Waals surface area contributed by atoms with E-state index in [-0.39, 0.29) is 0 Å². The van der Waals surface area contributed by atoms with Crippen LogP contribution >= 0.6 is 11.3 Å². The summed E-state index contributed by atoms with van der Waals surface area (Å²) in [5, 5.41) is 5.57. The summed E-state index contributed by atoms with van der Waals surface area (Å²) in [5.74, 6) is 0. The molecule has 0 unspecified atom stereocenters. The third-order valence-corrected chi connectivity index (χ3v) is 5.68. The molecule has 0 saturated heterocycles. The van der Waals surface area contributed by atoms with E-state index < -0.39 is 0 Å². The summed E-state index contributed by atoms with van der Waals surface area (Å²) in [6.45, 7) is 13.6. The minimum absolute atomic E-state index is 0.835. The van der Waals surface area contributed by atoms with Crippen LogP contribution in [0.4, 0.5) is 0 Å². The van der Waals surface area contributed by atoms with E-state index in [1.165, 1.54) is 32.7 Å². The minimum Gasteiger partial charge on any atom is -0.385 e. The molecule has 0 aliphatic rings. The monoisotopic (exact) mass is 373 g/mol. The van der Waals surface area contributed by atoms with E-state index in [4.69, 9.17) is 0 Å². The second kappa shape index (κ2) is 8.88. The number of thiophene rings is 1. The summed E-state index contributed by atoms with van der Waals surface area (Å²) in [4.78, 5) is 1.39. The first-order valence-corrected chi connectivity index (χ1v) is 10.2. The summed E-state index contributed by atoms with van der Waals surface area (Å²) < 4.78 is 0. The fourth-order valence-electron chi connectivity index (χ4n) is 3.16. The van der Waals surface area contributed by atoms with Gasteiger partial charge in [-0.3, -0.25) is 0 Å². The molecule has 0 saturated carbocycles. The van der Waals surface area contributed by atoms with Crippen LogP contribution in [-0.2, 0) is 6.42 Å². The summed E-state index contributed by atoms with van der Waals surface area (Å²) >= 11 is 1.80. The molecule has 0 atom stereocenters. The zero-order valence-corrected chi connectivity index (χ0v) is 17.0. The maximum atomic E-state index is 4.27. The molecule has 2 aromatic carbocycles. The largest absolute Gasteiger partial charge is 0.385 e. The van der Waals surface area contributed by atoms with E-state index in [1.54, 1.807) is 11.3 Å². The lowest BCUT2D eigenvalue weighted by molar-refractivity contribution is 0.880. The Kier molecular flexibility index (Phi) is 6.31. The van der Waals surface area contributed by atoms with Crippen LogP contribution in [0.15, 0.2) is 73.1 Å². The predicted octanol–water partition coefficient (Wildman–Crippen LogP) is 6.62. The minimum atomic E-state index is 0.835. The summed E-state index contributed by atoms with van der Waals surface area (Å²) in [6, 6.07) is 19.5. The van der Waals surface area contributed by atoms with E-state index in [0.29, 0.717) is 0 Å². The quantitative estimate of drug-likeness (QED) is 0.468. The van der Waals surface area contributed by atoms with Gasteiger partial charge in [-0.25, -0.2) is 0 Å². The normalized spacial score (nSPS) is 10.6. The second-order valence-electron chi connectivity index (χ2n) is 7.03. The third kappa shape index (κ3) is 5.21. The smallest absolute Gasteiger partial charge is 0.0340 e. The van der Waals surface area contributed by atoms with Crippen LogP contribution in [0, 0.1) is 13.8 Å². The number of rotatable bonds is 8. The molecule has 1 aromatic heterocycles. The van der Waals surface area contributed by atoms with Gasteiger partial charge in [0, 0.05) is 23.5 Å². The van der Waals surface area contributed by atoms with Crippen molar-refractivity contribution in [2.24, 2.45) is 0 Å². The molecule has 0 amide bonds. The fourth-order valence-corrected chi connectivity index (χ4v) is 3.89. The van der Waals surface area contributed by atoms with E-state index in [2.05, 4.69) is 92.3 Å². The van der Waals surface area contributed by atoms with Gasteiger partial charge in [0.2, 0.25) is 0 Å². The number of nitrogens with one attached hydrogen (secondary N) is 1. The van der Waals surface area contributed by atoms with Crippen molar-refractivity contribution in [2.45, 2.75) is 26.7 Å². The maximum Gasteiger partial charge on any atom is 0.0340 e. The molecular weight excluding hydrogens is 346 g/mol. The molecule has 1 N–H and O–H groups in total. The molecule has 27 heavy (non-hydrogen) atoms. The van der Waals surface area contributed by atoms with Gasteiger partial charge in [0.05, 0.1) is 0 Å². The van der Waals surface area contributed by atoms with Crippen molar-refractivity contribution in [2.75, 3.05) is 6.54 Å². The zero-order chi connectivity index (χ0) is 19.2. The molecule has 0 bridgehead atoms. The lowest BCUT2D eigenvalue weighted by Gasteiger charge is -2.13. The van der Waals surface area contributed by atoms with Gasteiger partial charge >= 0.3 is 0 Å². The first-order valence-electron chi connectivity index (χ1n) is 9.33. The Labute approximate surface area is 167 Å². The molecule has 1 nitrogen and oxygen atoms in total. The summed E-state index contributed by atoms with van der Waals surface area (Å²) in [7, 11) is 0. The molecule has 3 aromatic rings. The second-order valence-corrected chi connectivity index (χ2v) is 8.06. The summed E-state index contributed by atoms with van der Waals surface area (Å²) in [5.41, 5.74) is 8.43. The molecule has 1 heterocycles. The van der Waals surface area contributed by atoms with Crippen LogP contribution in [0.5, 0.6) is 0 Å². The van der Waals surface area contributed by atoms with Crippen LogP contribution < -0.4 is 5.32 Å². The highest BCUT2D eigenvalue weighted by Crippen LogP contribution is 2.22. The zero-order valence-electron chi connectivity index (χ0n) is 16.2. The van der Waals surface area contributed by atoms with Gasteiger partial charge in [-0.15, -0.1) is 11.3 Å². The topological polar surface area (TPSA) is 12.0 Å². The Bertz CT molecular complexity index is 917. The average molecular weight is 374 g/mol. The van der Waals surface area contributed by atoms with Gasteiger partial charge in [0.25, 0.3) is 0 Å². The molecule has 0 aliphatic carbocycles. The average Bonchev–Trinajstić information content (AvgIpc) is 3.17. The number of hydrogen-bond acceptors (Lipinski definition) is 2. The van der Waals surface area contributed by atoms with E-state index in [1.807, 2.05) is 0 Å². The first kappa shape index (κ1) is 19.2. The maximum absolute atomic E-state index is 4.27. The van der Waals surface area contributed by atoms with Crippen LogP contribution in [0.25, 0.3) is 11.3 Å². The standard InChI is InChI=1S/C25H27NS/c1-18-7-8-19(2)25(16-18)20(3)13-14-26-21(4)23-11-9-22(10-12-23)17-24-6-5-15-27-24/h5-12,15-16,26H,3-4,13-14,17H2,1-2H3. The van der Waals surface area contributed by atoms with Crippen molar-refractivity contribution < 1.29 is 0 Å². The van der Waals surface area contributed by atoms with Crippen molar-refractivity contribution in [1.29, 1.82) is 0 Å². The van der Waals surface area contributed by atoms with Crippen LogP contribution in [0.1, 0.15) is 39.1 Å². The Morgan fingerprint density at radius 2 is 1.78 bits per heavy atom. The number of aryl methyl sites for hydroxylation is 2. The number of benzene rings is 2. The molecule has 3 rings (SSSR count). The Hall–Kier alpha value is -2.58. The van der Waals surface area contributed by atoms with E-state index in [0.717, 1.165) is 30.6 Å². The van der Waals surface area contributed by atoms with Crippen LogP contribution in [-0.4, -0.2) is 6.54 Å². The lowest BCUT2D eigenvalue weighted by Crippen LogP contribution is -2.13. The first-order chi connectivity index (χ1) is 13.0. The van der Waals surface area contributed by atoms with E-state index in [9.17, 15) is 0 Å². The molecule has 138 valence electrons. The Balaban J connectivity index is 1.51. The lowest BCUT2D eigenvalue weighted by atomic mass is 9.97. The SMILES string of the molecule is C=C(NCCC(=C)c1cc(C)ccc1C)c1ccc(Cc2cccs2)cc1. The van der Waals surface area contributed by atoms with Crippen LogP contribution in [0.2, 0.25) is 0 Å². The Morgan fingerprint density at radius 1 is 1.00 bits per heavy atom. The van der Waals surface area contributed by atoms with Crippen LogP contribution in [0.3, 0.4) is 0 Å². The van der Waals surface area contributed by atoms with Gasteiger partial charge in [-0.2, -0.15) is 0 Å². The molecule has 2 heteroatoms. The van der Waals surface area contributed by atoms with Gasteiger partial charge in [0.1, 0.15) is 0 Å². The van der Waals surface area contributed by atoms with Crippen molar-refractivity contribution in [3.63, 3.8) is 0 Å². The predicted molar refractivity (Wildman–Crippen MR) is 120 cm³/mol. The highest BCUT2D eigenvalue weighted by Gasteiger charge is 2.05. The molecular formula is C25H27NS. The van der Waals surface area contributed by atoms with Gasteiger partial charge < -0.3 is 5.32 Å². The molecule has 0 spiro atoms. The number of hydrogen-bond donors (Lipinski definition) is 1. The Morgan fingerprint density at radius 3 is 2.48 bits per heavy atom. The molecule has 0 radical (unpaired) electrons. The molecule has 0 aliphatic heterocycles. The van der Waals surface area contributed by atoms with E-state index >= 15 is 0 Å².